The molecule has 0 fully saturated rings. The highest BCUT2D eigenvalue weighted by atomic mass is 14.8. The highest BCUT2D eigenvalue weighted by molar-refractivity contribution is 5.79. The number of hydrogen-bond acceptors (Lipinski definition) is 2. The van der Waals surface area contributed by atoms with Gasteiger partial charge in [-0.1, -0.05) is 13.3 Å². The van der Waals surface area contributed by atoms with Crippen molar-refractivity contribution in [3.8, 4) is 0 Å². The van der Waals surface area contributed by atoms with Crippen LogP contribution in [0.25, 0.3) is 11.0 Å². The maximum atomic E-state index is 6.07. The molecule has 0 radical (unpaired) electrons. The van der Waals surface area contributed by atoms with Gasteiger partial charge < -0.3 is 10.7 Å². The maximum absolute atomic E-state index is 6.07. The van der Waals surface area contributed by atoms with Crippen molar-refractivity contribution in [3.05, 3.63) is 30.1 Å². The van der Waals surface area contributed by atoms with Gasteiger partial charge in [-0.25, -0.2) is 4.98 Å². The van der Waals surface area contributed by atoms with Crippen molar-refractivity contribution in [2.24, 2.45) is 5.73 Å². The van der Waals surface area contributed by atoms with E-state index in [0.29, 0.717) is 0 Å². The summed E-state index contributed by atoms with van der Waals surface area (Å²) in [6.45, 7) is 2.15. The molecule has 3 N–H and O–H groups in total. The normalized spacial score (nSPS) is 13.3. The van der Waals surface area contributed by atoms with Crippen LogP contribution in [0.2, 0.25) is 0 Å². The zero-order valence-electron chi connectivity index (χ0n) is 8.33. The highest BCUT2D eigenvalue weighted by Gasteiger charge is 2.10. The molecule has 14 heavy (non-hydrogen) atoms. The van der Waals surface area contributed by atoms with Crippen LogP contribution < -0.4 is 5.73 Å². The van der Waals surface area contributed by atoms with Gasteiger partial charge in [0, 0.05) is 23.8 Å². The first kappa shape index (κ1) is 9.21. The lowest BCUT2D eigenvalue weighted by atomic mass is 10.0. The molecule has 0 aliphatic carbocycles. The molecular weight excluding hydrogens is 174 g/mol. The lowest BCUT2D eigenvalue weighted by Gasteiger charge is -2.08. The van der Waals surface area contributed by atoms with E-state index in [1.807, 2.05) is 12.3 Å². The molecule has 2 heterocycles. The SMILES string of the molecule is CCCC(N)c1c[nH]c2ncccc12. The summed E-state index contributed by atoms with van der Waals surface area (Å²) >= 11 is 0. The number of hydrogen-bond donors (Lipinski definition) is 2. The number of nitrogens with two attached hydrogens (primary N) is 1. The van der Waals surface area contributed by atoms with Crippen LogP contribution >= 0.6 is 0 Å². The van der Waals surface area contributed by atoms with E-state index in [1.165, 1.54) is 5.56 Å². The molecule has 0 saturated heterocycles. The standard InChI is InChI=1S/C11H15N3/c1-2-4-10(12)9-7-14-11-8(9)5-3-6-13-11/h3,5-7,10H,2,4,12H2,1H3,(H,13,14). The molecule has 0 aliphatic rings. The van der Waals surface area contributed by atoms with Crippen LogP contribution in [0.3, 0.4) is 0 Å². The second kappa shape index (κ2) is 3.80. The average molecular weight is 189 g/mol. The van der Waals surface area contributed by atoms with Crippen LogP contribution in [0, 0.1) is 0 Å². The quantitative estimate of drug-likeness (QED) is 0.778. The van der Waals surface area contributed by atoms with E-state index in [2.05, 4.69) is 23.0 Å². The van der Waals surface area contributed by atoms with Crippen molar-refractivity contribution in [2.75, 3.05) is 0 Å². The van der Waals surface area contributed by atoms with Crippen LogP contribution in [-0.2, 0) is 0 Å². The molecule has 0 spiro atoms. The Kier molecular flexibility index (Phi) is 2.50. The molecule has 0 aromatic carbocycles. The Morgan fingerprint density at radius 1 is 1.57 bits per heavy atom. The van der Waals surface area contributed by atoms with E-state index >= 15 is 0 Å². The van der Waals surface area contributed by atoms with Crippen molar-refractivity contribution in [1.29, 1.82) is 0 Å². The van der Waals surface area contributed by atoms with Crippen LogP contribution in [0.4, 0.5) is 0 Å². The molecule has 2 rings (SSSR count). The second-order valence-electron chi connectivity index (χ2n) is 3.54. The van der Waals surface area contributed by atoms with Gasteiger partial charge in [-0.15, -0.1) is 0 Å². The molecule has 3 heteroatoms. The third-order valence-corrected chi connectivity index (χ3v) is 2.48. The summed E-state index contributed by atoms with van der Waals surface area (Å²) in [5.41, 5.74) is 8.17. The summed E-state index contributed by atoms with van der Waals surface area (Å²) in [5, 5.41) is 1.15. The molecule has 0 saturated carbocycles. The van der Waals surface area contributed by atoms with Gasteiger partial charge in [0.2, 0.25) is 0 Å². The smallest absolute Gasteiger partial charge is 0.137 e. The Hall–Kier alpha value is -1.35. The molecule has 0 amide bonds. The van der Waals surface area contributed by atoms with E-state index in [9.17, 15) is 0 Å². The number of aromatic nitrogens is 2. The van der Waals surface area contributed by atoms with Crippen LogP contribution in [0.1, 0.15) is 31.4 Å². The topological polar surface area (TPSA) is 54.7 Å². The number of H-pyrrole nitrogens is 1. The first-order valence-corrected chi connectivity index (χ1v) is 5.00. The Morgan fingerprint density at radius 3 is 3.21 bits per heavy atom. The van der Waals surface area contributed by atoms with Crippen molar-refractivity contribution in [2.45, 2.75) is 25.8 Å². The van der Waals surface area contributed by atoms with Gasteiger partial charge in [0.05, 0.1) is 0 Å². The third kappa shape index (κ3) is 1.51. The molecule has 1 unspecified atom stereocenters. The van der Waals surface area contributed by atoms with Crippen LogP contribution in [0.15, 0.2) is 24.5 Å². The van der Waals surface area contributed by atoms with Gasteiger partial charge in [0.1, 0.15) is 5.65 Å². The number of rotatable bonds is 3. The average Bonchev–Trinajstić information content (AvgIpc) is 2.61. The summed E-state index contributed by atoms with van der Waals surface area (Å²) in [7, 11) is 0. The minimum Gasteiger partial charge on any atom is -0.346 e. The van der Waals surface area contributed by atoms with E-state index in [-0.39, 0.29) is 6.04 Å². The highest BCUT2D eigenvalue weighted by Crippen LogP contribution is 2.23. The number of aromatic amines is 1. The van der Waals surface area contributed by atoms with Crippen molar-refractivity contribution in [3.63, 3.8) is 0 Å². The van der Waals surface area contributed by atoms with Gasteiger partial charge in [-0.3, -0.25) is 0 Å². The minimum atomic E-state index is 0.123. The molecule has 0 aliphatic heterocycles. The van der Waals surface area contributed by atoms with E-state index in [4.69, 9.17) is 5.73 Å². The Labute approximate surface area is 83.3 Å². The number of nitrogens with one attached hydrogen (secondary N) is 1. The molecule has 1 atom stereocenters. The van der Waals surface area contributed by atoms with Crippen LogP contribution in [0.5, 0.6) is 0 Å². The lowest BCUT2D eigenvalue weighted by Crippen LogP contribution is -2.08. The zero-order chi connectivity index (χ0) is 9.97. The fraction of sp³-hybridized carbons (Fsp3) is 0.364. The summed E-state index contributed by atoms with van der Waals surface area (Å²) in [6.07, 6.45) is 5.88. The number of fused-ring (bicyclic) bond motifs is 1. The van der Waals surface area contributed by atoms with Gasteiger partial charge in [0.15, 0.2) is 0 Å². The van der Waals surface area contributed by atoms with Crippen molar-refractivity contribution in [1.82, 2.24) is 9.97 Å². The fourth-order valence-electron chi connectivity index (χ4n) is 1.75. The Morgan fingerprint density at radius 2 is 2.43 bits per heavy atom. The van der Waals surface area contributed by atoms with E-state index in [1.54, 1.807) is 6.20 Å². The number of pyridine rings is 1. The predicted molar refractivity (Wildman–Crippen MR) is 57.9 cm³/mol. The molecule has 2 aromatic rings. The zero-order valence-corrected chi connectivity index (χ0v) is 8.33. The van der Waals surface area contributed by atoms with Gasteiger partial charge >= 0.3 is 0 Å². The third-order valence-electron chi connectivity index (χ3n) is 2.48. The Bertz CT molecular complexity index is 419. The van der Waals surface area contributed by atoms with Gasteiger partial charge in [0.25, 0.3) is 0 Å². The molecule has 2 aromatic heterocycles. The van der Waals surface area contributed by atoms with E-state index in [0.717, 1.165) is 23.9 Å². The summed E-state index contributed by atoms with van der Waals surface area (Å²) in [6, 6.07) is 4.13. The van der Waals surface area contributed by atoms with Crippen molar-refractivity contribution >= 4 is 11.0 Å². The fourth-order valence-corrected chi connectivity index (χ4v) is 1.75. The Balaban J connectivity index is 2.42. The van der Waals surface area contributed by atoms with Crippen LogP contribution in [-0.4, -0.2) is 9.97 Å². The first-order valence-electron chi connectivity index (χ1n) is 5.00. The predicted octanol–water partition coefficient (Wildman–Crippen LogP) is 2.36. The number of nitrogens with zero attached hydrogens (tertiary/aromatic N) is 1. The summed E-state index contributed by atoms with van der Waals surface area (Å²) < 4.78 is 0. The molecule has 3 nitrogen and oxygen atoms in total. The van der Waals surface area contributed by atoms with Crippen molar-refractivity contribution < 1.29 is 0 Å². The van der Waals surface area contributed by atoms with E-state index < -0.39 is 0 Å². The largest absolute Gasteiger partial charge is 0.346 e. The van der Waals surface area contributed by atoms with Gasteiger partial charge in [-0.05, 0) is 24.1 Å². The molecule has 0 bridgehead atoms. The first-order chi connectivity index (χ1) is 6.83. The second-order valence-corrected chi connectivity index (χ2v) is 3.54. The molecular formula is C11H15N3. The minimum absolute atomic E-state index is 0.123. The molecule has 74 valence electrons. The monoisotopic (exact) mass is 189 g/mol. The van der Waals surface area contributed by atoms with Gasteiger partial charge in [-0.2, -0.15) is 0 Å². The summed E-state index contributed by atoms with van der Waals surface area (Å²) in [4.78, 5) is 7.37. The lowest BCUT2D eigenvalue weighted by molar-refractivity contribution is 0.642. The summed E-state index contributed by atoms with van der Waals surface area (Å²) in [5.74, 6) is 0. The maximum Gasteiger partial charge on any atom is 0.137 e.